The fraction of sp³-hybridized carbons (Fsp3) is 0.350. The summed E-state index contributed by atoms with van der Waals surface area (Å²) in [6.45, 7) is 6.26. The highest BCUT2D eigenvalue weighted by atomic mass is 32.2. The molecule has 1 atom stereocenters. The molecule has 2 nitrogen and oxygen atoms in total. The van der Waals surface area contributed by atoms with Gasteiger partial charge in [-0.15, -0.1) is 11.8 Å². The van der Waals surface area contributed by atoms with Gasteiger partial charge in [0.1, 0.15) is 0 Å². The molecule has 2 aromatic carbocycles. The lowest BCUT2D eigenvalue weighted by atomic mass is 10.1. The third kappa shape index (κ3) is 5.76. The molecule has 0 saturated carbocycles. The van der Waals surface area contributed by atoms with Crippen molar-refractivity contribution >= 4 is 17.7 Å². The third-order valence-corrected chi connectivity index (χ3v) is 4.89. The van der Waals surface area contributed by atoms with Crippen LogP contribution in [0.3, 0.4) is 0 Å². The summed E-state index contributed by atoms with van der Waals surface area (Å²) in [5.41, 5.74) is 5.00. The van der Waals surface area contributed by atoms with Crippen LogP contribution in [0.15, 0.2) is 48.5 Å². The zero-order valence-corrected chi connectivity index (χ0v) is 15.0. The highest BCUT2D eigenvalue weighted by molar-refractivity contribution is 7.99. The summed E-state index contributed by atoms with van der Waals surface area (Å²) in [6.07, 6.45) is 1.04. The number of carbonyl (C=O) groups is 1. The van der Waals surface area contributed by atoms with E-state index in [9.17, 15) is 4.79 Å². The molecule has 0 saturated heterocycles. The number of nitrogens with one attached hydrogen (secondary N) is 1. The van der Waals surface area contributed by atoms with Crippen LogP contribution in [-0.4, -0.2) is 11.7 Å². The van der Waals surface area contributed by atoms with Crippen LogP contribution in [0.5, 0.6) is 0 Å². The minimum absolute atomic E-state index is 0.0494. The summed E-state index contributed by atoms with van der Waals surface area (Å²) in [6, 6.07) is 17.0. The quantitative estimate of drug-likeness (QED) is 0.801. The Bertz CT molecular complexity index is 619. The Balaban J connectivity index is 1.76. The van der Waals surface area contributed by atoms with Gasteiger partial charge in [0.2, 0.25) is 5.91 Å². The predicted octanol–water partition coefficient (Wildman–Crippen LogP) is 4.67. The van der Waals surface area contributed by atoms with E-state index in [1.165, 1.54) is 16.7 Å². The number of hydrogen-bond acceptors (Lipinski definition) is 2. The zero-order chi connectivity index (χ0) is 16.7. The van der Waals surface area contributed by atoms with Gasteiger partial charge in [-0.25, -0.2) is 0 Å². The van der Waals surface area contributed by atoms with Crippen molar-refractivity contribution in [2.45, 2.75) is 39.0 Å². The Hall–Kier alpha value is -1.74. The Kier molecular flexibility index (Phi) is 6.72. The molecule has 0 spiro atoms. The molecule has 1 amide bonds. The second-order valence-electron chi connectivity index (χ2n) is 5.86. The van der Waals surface area contributed by atoms with E-state index in [0.717, 1.165) is 17.7 Å². The van der Waals surface area contributed by atoms with Gasteiger partial charge in [-0.3, -0.25) is 4.79 Å². The molecular weight excluding hydrogens is 302 g/mol. The van der Waals surface area contributed by atoms with Gasteiger partial charge in [0.25, 0.3) is 0 Å². The molecule has 3 heteroatoms. The second-order valence-corrected chi connectivity index (χ2v) is 6.85. The summed E-state index contributed by atoms with van der Waals surface area (Å²) in [5.74, 6) is 1.45. The molecule has 1 N–H and O–H groups in total. The number of benzene rings is 2. The van der Waals surface area contributed by atoms with Gasteiger partial charge in [-0.2, -0.15) is 0 Å². The normalized spacial score (nSPS) is 12.0. The lowest BCUT2D eigenvalue weighted by Crippen LogP contribution is -2.28. The Labute approximate surface area is 143 Å². The van der Waals surface area contributed by atoms with E-state index in [-0.39, 0.29) is 11.9 Å². The molecular formula is C20H25NOS. The first kappa shape index (κ1) is 17.6. The van der Waals surface area contributed by atoms with Crippen molar-refractivity contribution in [1.82, 2.24) is 5.32 Å². The minimum atomic E-state index is 0.0494. The third-order valence-electron chi connectivity index (χ3n) is 3.89. The van der Waals surface area contributed by atoms with Gasteiger partial charge < -0.3 is 5.32 Å². The van der Waals surface area contributed by atoms with Gasteiger partial charge in [0.05, 0.1) is 11.8 Å². The number of thioether (sulfide) groups is 1. The largest absolute Gasteiger partial charge is 0.349 e. The smallest absolute Gasteiger partial charge is 0.230 e. The van der Waals surface area contributed by atoms with Crippen LogP contribution in [0.25, 0.3) is 0 Å². The lowest BCUT2D eigenvalue weighted by molar-refractivity contribution is -0.119. The van der Waals surface area contributed by atoms with Gasteiger partial charge in [0.15, 0.2) is 0 Å². The first-order chi connectivity index (χ1) is 11.1. The summed E-state index contributed by atoms with van der Waals surface area (Å²) >= 11 is 1.65. The monoisotopic (exact) mass is 327 g/mol. The van der Waals surface area contributed by atoms with E-state index in [0.29, 0.717) is 5.75 Å². The van der Waals surface area contributed by atoms with E-state index < -0.39 is 0 Å². The SMILES string of the molecule is CCc1ccc(C(C)NC(=O)CSCc2ccc(C)cc2)cc1. The molecule has 0 aromatic heterocycles. The molecule has 0 radical (unpaired) electrons. The molecule has 23 heavy (non-hydrogen) atoms. The average molecular weight is 327 g/mol. The fourth-order valence-corrected chi connectivity index (χ4v) is 3.15. The van der Waals surface area contributed by atoms with E-state index in [4.69, 9.17) is 0 Å². The van der Waals surface area contributed by atoms with Crippen molar-refractivity contribution in [3.63, 3.8) is 0 Å². The summed E-state index contributed by atoms with van der Waals surface area (Å²) < 4.78 is 0. The molecule has 1 unspecified atom stereocenters. The van der Waals surface area contributed by atoms with Crippen molar-refractivity contribution in [1.29, 1.82) is 0 Å². The van der Waals surface area contributed by atoms with E-state index in [1.807, 2.05) is 6.92 Å². The molecule has 0 heterocycles. The highest BCUT2D eigenvalue weighted by Gasteiger charge is 2.09. The van der Waals surface area contributed by atoms with E-state index in [2.05, 4.69) is 67.7 Å². The minimum Gasteiger partial charge on any atom is -0.349 e. The molecule has 122 valence electrons. The number of aryl methyl sites for hydroxylation is 2. The number of carbonyl (C=O) groups excluding carboxylic acids is 1. The van der Waals surface area contributed by atoms with Crippen LogP contribution >= 0.6 is 11.8 Å². The first-order valence-electron chi connectivity index (χ1n) is 8.10. The van der Waals surface area contributed by atoms with Gasteiger partial charge in [0, 0.05) is 5.75 Å². The van der Waals surface area contributed by atoms with Crippen molar-refractivity contribution in [3.05, 3.63) is 70.8 Å². The zero-order valence-electron chi connectivity index (χ0n) is 14.1. The standard InChI is InChI=1S/C20H25NOS/c1-4-17-9-11-19(12-10-17)16(3)21-20(22)14-23-13-18-7-5-15(2)6-8-18/h5-12,16H,4,13-14H2,1-3H3,(H,21,22). The van der Waals surface area contributed by atoms with Crippen LogP contribution in [0, 0.1) is 6.92 Å². The molecule has 0 bridgehead atoms. The highest BCUT2D eigenvalue weighted by Crippen LogP contribution is 2.16. The van der Waals surface area contributed by atoms with E-state index in [1.54, 1.807) is 11.8 Å². The summed E-state index contributed by atoms with van der Waals surface area (Å²) in [4.78, 5) is 12.1. The maximum atomic E-state index is 12.1. The van der Waals surface area contributed by atoms with Crippen LogP contribution in [-0.2, 0) is 17.0 Å². The molecule has 0 aliphatic carbocycles. The number of rotatable bonds is 7. The van der Waals surface area contributed by atoms with Crippen LogP contribution in [0.2, 0.25) is 0 Å². The Morgan fingerprint density at radius 2 is 1.65 bits per heavy atom. The van der Waals surface area contributed by atoms with Crippen molar-refractivity contribution < 1.29 is 4.79 Å². The first-order valence-corrected chi connectivity index (χ1v) is 9.25. The van der Waals surface area contributed by atoms with Gasteiger partial charge >= 0.3 is 0 Å². The topological polar surface area (TPSA) is 29.1 Å². The summed E-state index contributed by atoms with van der Waals surface area (Å²) in [7, 11) is 0. The predicted molar refractivity (Wildman–Crippen MR) is 99.7 cm³/mol. The van der Waals surface area contributed by atoms with E-state index >= 15 is 0 Å². The lowest BCUT2D eigenvalue weighted by Gasteiger charge is -2.14. The van der Waals surface area contributed by atoms with Crippen LogP contribution in [0.1, 0.15) is 42.1 Å². The second kappa shape index (κ2) is 8.78. The molecule has 0 aliphatic heterocycles. The van der Waals surface area contributed by atoms with Crippen molar-refractivity contribution in [3.8, 4) is 0 Å². The Morgan fingerprint density at radius 1 is 1.04 bits per heavy atom. The summed E-state index contributed by atoms with van der Waals surface area (Å²) in [5, 5.41) is 3.07. The number of hydrogen-bond donors (Lipinski definition) is 1. The van der Waals surface area contributed by atoms with Crippen LogP contribution < -0.4 is 5.32 Å². The molecule has 0 fully saturated rings. The average Bonchev–Trinajstić information content (AvgIpc) is 2.56. The molecule has 2 aromatic rings. The molecule has 0 aliphatic rings. The maximum Gasteiger partial charge on any atom is 0.230 e. The van der Waals surface area contributed by atoms with Crippen LogP contribution in [0.4, 0.5) is 0 Å². The van der Waals surface area contributed by atoms with Gasteiger partial charge in [-0.05, 0) is 37.0 Å². The Morgan fingerprint density at radius 3 is 2.26 bits per heavy atom. The van der Waals surface area contributed by atoms with Crippen molar-refractivity contribution in [2.24, 2.45) is 0 Å². The van der Waals surface area contributed by atoms with Crippen molar-refractivity contribution in [2.75, 3.05) is 5.75 Å². The number of amides is 1. The fourth-order valence-electron chi connectivity index (χ4n) is 2.35. The maximum absolute atomic E-state index is 12.1. The van der Waals surface area contributed by atoms with Gasteiger partial charge in [-0.1, -0.05) is 61.0 Å². The molecule has 2 rings (SSSR count).